The molecule has 0 amide bonds. The molecule has 18 heteroatoms. The van der Waals surface area contributed by atoms with Crippen molar-refractivity contribution < 1.29 is 76.7 Å². The van der Waals surface area contributed by atoms with Crippen molar-refractivity contribution in [3.63, 3.8) is 0 Å². The Kier molecular flexibility index (Phi) is 16.2. The number of methoxy groups -OCH3 is 1. The maximum atomic E-state index is 14.3. The molecule has 0 radical (unpaired) electrons. The number of aliphatic hydroxyl groups excluding tert-OH is 4. The van der Waals surface area contributed by atoms with Crippen molar-refractivity contribution in [3.8, 4) is 0 Å². The third-order valence-corrected chi connectivity index (χ3v) is 13.8. The van der Waals surface area contributed by atoms with E-state index in [1.807, 2.05) is 0 Å². The first kappa shape index (κ1) is 49.3. The van der Waals surface area contributed by atoms with Gasteiger partial charge in [0.15, 0.2) is 18.2 Å². The lowest BCUT2D eigenvalue weighted by molar-refractivity contribution is -0.315. The largest absolute Gasteiger partial charge is 0.458 e. The number of rotatable bonds is 11. The minimum absolute atomic E-state index is 0.0166. The summed E-state index contributed by atoms with van der Waals surface area (Å²) in [5.41, 5.74) is -5.07. The van der Waals surface area contributed by atoms with Gasteiger partial charge in [-0.05, 0) is 79.9 Å². The van der Waals surface area contributed by atoms with Crippen LogP contribution in [0.25, 0.3) is 0 Å². The lowest BCUT2D eigenvalue weighted by Gasteiger charge is -2.48. The number of cyclic esters (lactones) is 2. The molecule has 3 fully saturated rings. The zero-order chi connectivity index (χ0) is 44.4. The topological polar surface area (TPSA) is 246 Å². The van der Waals surface area contributed by atoms with Crippen LogP contribution in [0.1, 0.15) is 94.9 Å². The Morgan fingerprint density at radius 2 is 1.58 bits per heavy atom. The molecule has 0 spiro atoms. The zero-order valence-corrected chi connectivity index (χ0v) is 36.8. The van der Waals surface area contributed by atoms with Crippen molar-refractivity contribution in [3.05, 3.63) is 30.3 Å². The molecule has 4 rings (SSSR count). The molecule has 0 bridgehead atoms. The molecule has 2 unspecified atom stereocenters. The summed E-state index contributed by atoms with van der Waals surface area (Å²) < 4.78 is 72.3. The Labute approximate surface area is 348 Å². The molecule has 3 aliphatic rings. The fraction of sp³-hybridized carbons (Fsp3) is 0.805. The normalized spacial score (nSPS) is 42.9. The third-order valence-electron chi connectivity index (χ3n) is 12.3. The maximum Gasteiger partial charge on any atom is 0.311 e. The molecule has 1 aromatic carbocycles. The van der Waals surface area contributed by atoms with Crippen molar-refractivity contribution in [1.82, 2.24) is 4.72 Å². The second-order valence-electron chi connectivity index (χ2n) is 17.4. The summed E-state index contributed by atoms with van der Waals surface area (Å²) in [6.07, 6.45) is -13.9. The van der Waals surface area contributed by atoms with Crippen LogP contribution in [0.3, 0.4) is 0 Å². The quantitative estimate of drug-likeness (QED) is 0.174. The van der Waals surface area contributed by atoms with Gasteiger partial charge in [0.25, 0.3) is 0 Å². The number of hydrogen-bond acceptors (Lipinski definition) is 16. The Morgan fingerprint density at radius 3 is 2.15 bits per heavy atom. The molecule has 0 saturated carbocycles. The summed E-state index contributed by atoms with van der Waals surface area (Å²) in [7, 11) is -2.66. The van der Waals surface area contributed by atoms with Crippen LogP contribution in [0.15, 0.2) is 35.2 Å². The van der Waals surface area contributed by atoms with E-state index in [0.29, 0.717) is 0 Å². The molecule has 6 N–H and O–H groups in total. The van der Waals surface area contributed by atoms with Crippen LogP contribution in [0.4, 0.5) is 0 Å². The van der Waals surface area contributed by atoms with Crippen molar-refractivity contribution in [1.29, 1.82) is 0 Å². The molecule has 18 atom stereocenters. The smallest absolute Gasteiger partial charge is 0.311 e. The van der Waals surface area contributed by atoms with E-state index in [-0.39, 0.29) is 30.6 Å². The summed E-state index contributed by atoms with van der Waals surface area (Å²) in [4.78, 5) is 28.2. The van der Waals surface area contributed by atoms with Gasteiger partial charge in [-0.3, -0.25) is 9.59 Å². The molecule has 59 heavy (non-hydrogen) atoms. The highest BCUT2D eigenvalue weighted by Crippen LogP contribution is 2.41. The Hall–Kier alpha value is -2.33. The average molecular weight is 862 g/mol. The van der Waals surface area contributed by atoms with Crippen molar-refractivity contribution in [2.75, 3.05) is 7.11 Å². The van der Waals surface area contributed by atoms with Crippen LogP contribution in [-0.4, -0.2) is 143 Å². The monoisotopic (exact) mass is 861 g/mol. The molecule has 338 valence electrons. The van der Waals surface area contributed by atoms with Crippen LogP contribution >= 0.6 is 0 Å². The molecule has 17 nitrogen and oxygen atoms in total. The van der Waals surface area contributed by atoms with Gasteiger partial charge in [0.1, 0.15) is 24.4 Å². The molecule has 1 aromatic rings. The van der Waals surface area contributed by atoms with Gasteiger partial charge in [0.2, 0.25) is 10.0 Å². The van der Waals surface area contributed by atoms with Crippen LogP contribution < -0.4 is 4.72 Å². The number of aliphatic hydroxyl groups is 5. The molecule has 0 aliphatic carbocycles. The van der Waals surface area contributed by atoms with Crippen LogP contribution in [0.5, 0.6) is 0 Å². The van der Waals surface area contributed by atoms with Crippen LogP contribution in [0.2, 0.25) is 0 Å². The zero-order valence-electron chi connectivity index (χ0n) is 36.0. The first-order chi connectivity index (χ1) is 27.3. The van der Waals surface area contributed by atoms with Gasteiger partial charge < -0.3 is 58.7 Å². The maximum absolute atomic E-state index is 14.3. The van der Waals surface area contributed by atoms with E-state index in [9.17, 15) is 43.5 Å². The first-order valence-electron chi connectivity index (χ1n) is 20.4. The fourth-order valence-electron chi connectivity index (χ4n) is 8.69. The summed E-state index contributed by atoms with van der Waals surface area (Å²) in [5, 5.41) is 56.9. The van der Waals surface area contributed by atoms with Crippen LogP contribution in [-0.2, 0) is 52.8 Å². The predicted octanol–water partition coefficient (Wildman–Crippen LogP) is 1.93. The minimum atomic E-state index is -4.11. The third kappa shape index (κ3) is 11.0. The van der Waals surface area contributed by atoms with Gasteiger partial charge >= 0.3 is 11.9 Å². The standard InChI is InChI=1S/C41H67NO16S/c1-12-29-41(10,33(45)25(6)43)58-36(47)21(2)19-39(8,49)35(57-38-31(44)28(18-22(3)53-38)42-59(50,51)27-16-14-13-15-17-27)23(4)32(24(5)37(48)55-29)56-30-20-40(9,52-11)34(46)26(7)54-30/h13-17,21-26,28-35,38,42-46,49H,12,18-20H2,1-11H3/t21-,22-,23+,24-,25?,26+,28+,29-,30+,31-,32+,33?,34+,35-,38+,39-,40-,41+/m1/s1. The number of nitrogens with one attached hydrogen (secondary N) is 1. The number of ether oxygens (including phenoxy) is 7. The van der Waals surface area contributed by atoms with E-state index in [1.54, 1.807) is 52.8 Å². The Morgan fingerprint density at radius 1 is 0.949 bits per heavy atom. The van der Waals surface area contributed by atoms with Gasteiger partial charge in [-0.2, -0.15) is 0 Å². The van der Waals surface area contributed by atoms with E-state index < -0.39 is 130 Å². The van der Waals surface area contributed by atoms with E-state index in [1.165, 1.54) is 53.9 Å². The Bertz CT molecular complexity index is 1660. The summed E-state index contributed by atoms with van der Waals surface area (Å²) in [6, 6.07) is 6.54. The number of carbonyl (C=O) groups is 2. The Balaban J connectivity index is 1.82. The van der Waals surface area contributed by atoms with Gasteiger partial charge in [-0.15, -0.1) is 0 Å². The number of esters is 2. The van der Waals surface area contributed by atoms with E-state index >= 15 is 0 Å². The highest BCUT2D eigenvalue weighted by Gasteiger charge is 2.54. The van der Waals surface area contributed by atoms with E-state index in [0.717, 1.165) is 0 Å². The number of hydrogen-bond donors (Lipinski definition) is 6. The summed E-state index contributed by atoms with van der Waals surface area (Å²) >= 11 is 0. The second-order valence-corrected chi connectivity index (χ2v) is 19.1. The van der Waals surface area contributed by atoms with Crippen molar-refractivity contribution >= 4 is 22.0 Å². The van der Waals surface area contributed by atoms with E-state index in [4.69, 9.17) is 33.2 Å². The summed E-state index contributed by atoms with van der Waals surface area (Å²) in [5.74, 6) is -5.03. The molecular formula is C41H67NO16S. The molecule has 3 saturated heterocycles. The number of benzene rings is 1. The predicted molar refractivity (Wildman–Crippen MR) is 211 cm³/mol. The first-order valence-corrected chi connectivity index (χ1v) is 21.9. The lowest BCUT2D eigenvalue weighted by Crippen LogP contribution is -2.61. The minimum Gasteiger partial charge on any atom is -0.458 e. The van der Waals surface area contributed by atoms with Crippen LogP contribution in [0, 0.1) is 17.8 Å². The van der Waals surface area contributed by atoms with Gasteiger partial charge in [-0.1, -0.05) is 39.0 Å². The summed E-state index contributed by atoms with van der Waals surface area (Å²) in [6.45, 7) is 15.4. The molecule has 3 heterocycles. The lowest BCUT2D eigenvalue weighted by atomic mass is 9.77. The number of sulfonamides is 1. The SMILES string of the molecule is CC[C@H]1OC(=O)[C@H](C)[C@@H](O[C@H]2C[C@@](C)(OC)[C@@H](O)[C@H](C)O2)[C@H](C)[C@@H](O[C@@H]2O[C@H](C)C[C@H](NS(=O)(=O)c3ccccc3)[C@H]2O)[C@](C)(O)C[C@@H](C)C(=O)O[C@]1(C)C(O)C(C)O. The molecule has 0 aromatic heterocycles. The highest BCUT2D eigenvalue weighted by molar-refractivity contribution is 7.89. The second kappa shape index (κ2) is 19.4. The van der Waals surface area contributed by atoms with Crippen molar-refractivity contribution in [2.24, 2.45) is 17.8 Å². The number of carbonyl (C=O) groups excluding carboxylic acids is 2. The van der Waals surface area contributed by atoms with E-state index in [2.05, 4.69) is 4.72 Å². The molecular weight excluding hydrogens is 795 g/mol. The average Bonchev–Trinajstić information content (AvgIpc) is 3.17. The van der Waals surface area contributed by atoms with Gasteiger partial charge in [0, 0.05) is 19.4 Å². The highest BCUT2D eigenvalue weighted by atomic mass is 32.2. The fourth-order valence-corrected chi connectivity index (χ4v) is 9.97. The van der Waals surface area contributed by atoms with Gasteiger partial charge in [-0.25, -0.2) is 13.1 Å². The van der Waals surface area contributed by atoms with Gasteiger partial charge in [0.05, 0.1) is 64.5 Å². The van der Waals surface area contributed by atoms with Crippen molar-refractivity contribution in [2.45, 2.75) is 190 Å². The molecule has 3 aliphatic heterocycles.